The molecule has 0 aromatic heterocycles. The standard InChI is InChI=1S/C14H24N2O4/c1-10(2)8-16(9-13(18)19)14(20)12-4-6-15(7-5-12)11(3)17/h10,12H,4-9H2,1-3H3,(H,18,19). The lowest BCUT2D eigenvalue weighted by molar-refractivity contribution is -0.148. The van der Waals surface area contributed by atoms with E-state index in [0.717, 1.165) is 0 Å². The van der Waals surface area contributed by atoms with Crippen LogP contribution in [-0.2, 0) is 14.4 Å². The first-order valence-electron chi connectivity index (χ1n) is 7.07. The van der Waals surface area contributed by atoms with Crippen LogP contribution in [0, 0.1) is 11.8 Å². The molecule has 0 unspecified atom stereocenters. The summed E-state index contributed by atoms with van der Waals surface area (Å²) in [5.41, 5.74) is 0. The van der Waals surface area contributed by atoms with Crippen LogP contribution in [-0.4, -0.2) is 58.9 Å². The van der Waals surface area contributed by atoms with Crippen molar-refractivity contribution < 1.29 is 19.5 Å². The molecule has 6 heteroatoms. The molecule has 114 valence electrons. The average molecular weight is 284 g/mol. The first-order valence-corrected chi connectivity index (χ1v) is 7.07. The number of likely N-dealkylation sites (tertiary alicyclic amines) is 1. The minimum Gasteiger partial charge on any atom is -0.480 e. The number of carboxylic acid groups (broad SMARTS) is 1. The number of carboxylic acids is 1. The third kappa shape index (κ3) is 4.83. The maximum atomic E-state index is 12.4. The molecular formula is C14H24N2O4. The van der Waals surface area contributed by atoms with E-state index in [-0.39, 0.29) is 30.2 Å². The number of carbonyl (C=O) groups excluding carboxylic acids is 2. The summed E-state index contributed by atoms with van der Waals surface area (Å²) >= 11 is 0. The smallest absolute Gasteiger partial charge is 0.323 e. The average Bonchev–Trinajstić information content (AvgIpc) is 2.36. The van der Waals surface area contributed by atoms with Gasteiger partial charge in [-0.1, -0.05) is 13.8 Å². The lowest BCUT2D eigenvalue weighted by Crippen LogP contribution is -2.46. The molecule has 1 rings (SSSR count). The van der Waals surface area contributed by atoms with E-state index in [0.29, 0.717) is 32.5 Å². The molecule has 0 aromatic carbocycles. The first kappa shape index (κ1) is 16.5. The summed E-state index contributed by atoms with van der Waals surface area (Å²) in [5.74, 6) is -0.982. The summed E-state index contributed by atoms with van der Waals surface area (Å²) in [6.07, 6.45) is 1.24. The Labute approximate surface area is 119 Å². The van der Waals surface area contributed by atoms with Crippen molar-refractivity contribution in [1.29, 1.82) is 0 Å². The Kier molecular flexibility index (Phi) is 5.98. The van der Waals surface area contributed by atoms with Gasteiger partial charge < -0.3 is 14.9 Å². The molecule has 1 saturated heterocycles. The lowest BCUT2D eigenvalue weighted by atomic mass is 9.95. The van der Waals surface area contributed by atoms with Crippen molar-refractivity contribution in [2.24, 2.45) is 11.8 Å². The SMILES string of the molecule is CC(=O)N1CCC(C(=O)N(CC(=O)O)CC(C)C)CC1. The number of amides is 2. The van der Waals surface area contributed by atoms with Crippen molar-refractivity contribution in [1.82, 2.24) is 9.80 Å². The van der Waals surface area contributed by atoms with E-state index in [1.165, 1.54) is 11.8 Å². The fourth-order valence-electron chi connectivity index (χ4n) is 2.54. The number of piperidine rings is 1. The van der Waals surface area contributed by atoms with E-state index in [4.69, 9.17) is 5.11 Å². The van der Waals surface area contributed by atoms with Gasteiger partial charge in [0.25, 0.3) is 0 Å². The summed E-state index contributed by atoms with van der Waals surface area (Å²) < 4.78 is 0. The summed E-state index contributed by atoms with van der Waals surface area (Å²) in [6, 6.07) is 0. The molecule has 0 radical (unpaired) electrons. The molecule has 1 N–H and O–H groups in total. The van der Waals surface area contributed by atoms with Gasteiger partial charge in [-0.15, -0.1) is 0 Å². The van der Waals surface area contributed by atoms with E-state index in [9.17, 15) is 14.4 Å². The first-order chi connectivity index (χ1) is 9.31. The molecular weight excluding hydrogens is 260 g/mol. The highest BCUT2D eigenvalue weighted by Gasteiger charge is 2.30. The van der Waals surface area contributed by atoms with Gasteiger partial charge in [-0.25, -0.2) is 0 Å². The molecule has 0 bridgehead atoms. The number of nitrogens with zero attached hydrogens (tertiary/aromatic N) is 2. The third-order valence-corrected chi connectivity index (χ3v) is 3.51. The van der Waals surface area contributed by atoms with Gasteiger partial charge in [0.15, 0.2) is 0 Å². The number of rotatable bonds is 5. The molecule has 1 aliphatic rings. The van der Waals surface area contributed by atoms with Crippen molar-refractivity contribution in [3.63, 3.8) is 0 Å². The van der Waals surface area contributed by atoms with Crippen LogP contribution >= 0.6 is 0 Å². The Bertz CT molecular complexity index is 373. The Morgan fingerprint density at radius 1 is 1.25 bits per heavy atom. The molecule has 0 saturated carbocycles. The van der Waals surface area contributed by atoms with Crippen LogP contribution in [0.2, 0.25) is 0 Å². The fraction of sp³-hybridized carbons (Fsp3) is 0.786. The zero-order chi connectivity index (χ0) is 15.3. The van der Waals surface area contributed by atoms with E-state index in [1.807, 2.05) is 13.8 Å². The number of hydrogen-bond donors (Lipinski definition) is 1. The zero-order valence-electron chi connectivity index (χ0n) is 12.5. The molecule has 0 atom stereocenters. The Morgan fingerprint density at radius 2 is 1.80 bits per heavy atom. The predicted molar refractivity (Wildman–Crippen MR) is 74.0 cm³/mol. The van der Waals surface area contributed by atoms with Gasteiger partial charge in [0.2, 0.25) is 11.8 Å². The van der Waals surface area contributed by atoms with Crippen molar-refractivity contribution in [2.45, 2.75) is 33.6 Å². The molecule has 1 aliphatic heterocycles. The van der Waals surface area contributed by atoms with Gasteiger partial charge >= 0.3 is 5.97 Å². The molecule has 6 nitrogen and oxygen atoms in total. The second-order valence-corrected chi connectivity index (χ2v) is 5.79. The highest BCUT2D eigenvalue weighted by molar-refractivity contribution is 5.83. The predicted octanol–water partition coefficient (Wildman–Crippen LogP) is 0.814. The summed E-state index contributed by atoms with van der Waals surface area (Å²) in [7, 11) is 0. The second-order valence-electron chi connectivity index (χ2n) is 5.79. The Morgan fingerprint density at radius 3 is 2.20 bits per heavy atom. The zero-order valence-corrected chi connectivity index (χ0v) is 12.5. The number of carbonyl (C=O) groups is 3. The van der Waals surface area contributed by atoms with Crippen LogP contribution in [0.4, 0.5) is 0 Å². The highest BCUT2D eigenvalue weighted by atomic mass is 16.4. The van der Waals surface area contributed by atoms with Crippen molar-refractivity contribution >= 4 is 17.8 Å². The highest BCUT2D eigenvalue weighted by Crippen LogP contribution is 2.20. The molecule has 2 amide bonds. The fourth-order valence-corrected chi connectivity index (χ4v) is 2.54. The van der Waals surface area contributed by atoms with E-state index < -0.39 is 5.97 Å². The van der Waals surface area contributed by atoms with Gasteiger partial charge in [-0.2, -0.15) is 0 Å². The Hall–Kier alpha value is -1.59. The van der Waals surface area contributed by atoms with E-state index in [2.05, 4.69) is 0 Å². The minimum absolute atomic E-state index is 0.0282. The number of aliphatic carboxylic acids is 1. The van der Waals surface area contributed by atoms with Gasteiger partial charge in [0.1, 0.15) is 6.54 Å². The van der Waals surface area contributed by atoms with Crippen LogP contribution in [0.15, 0.2) is 0 Å². The van der Waals surface area contributed by atoms with Gasteiger partial charge in [-0.05, 0) is 18.8 Å². The summed E-state index contributed by atoms with van der Waals surface area (Å²) in [4.78, 5) is 37.7. The summed E-state index contributed by atoms with van der Waals surface area (Å²) in [5, 5.41) is 8.91. The van der Waals surface area contributed by atoms with Gasteiger partial charge in [0, 0.05) is 32.5 Å². The monoisotopic (exact) mass is 284 g/mol. The van der Waals surface area contributed by atoms with Crippen LogP contribution in [0.3, 0.4) is 0 Å². The van der Waals surface area contributed by atoms with Gasteiger partial charge in [-0.3, -0.25) is 14.4 Å². The largest absolute Gasteiger partial charge is 0.480 e. The quantitative estimate of drug-likeness (QED) is 0.810. The van der Waals surface area contributed by atoms with Crippen LogP contribution in [0.25, 0.3) is 0 Å². The lowest BCUT2D eigenvalue weighted by Gasteiger charge is -2.33. The molecule has 20 heavy (non-hydrogen) atoms. The van der Waals surface area contributed by atoms with Crippen LogP contribution in [0.5, 0.6) is 0 Å². The topological polar surface area (TPSA) is 77.9 Å². The Balaban J connectivity index is 2.61. The van der Waals surface area contributed by atoms with Crippen molar-refractivity contribution in [3.05, 3.63) is 0 Å². The van der Waals surface area contributed by atoms with Crippen molar-refractivity contribution in [2.75, 3.05) is 26.2 Å². The van der Waals surface area contributed by atoms with Crippen LogP contribution < -0.4 is 0 Å². The van der Waals surface area contributed by atoms with Gasteiger partial charge in [0.05, 0.1) is 0 Å². The molecule has 0 aliphatic carbocycles. The van der Waals surface area contributed by atoms with E-state index >= 15 is 0 Å². The summed E-state index contributed by atoms with van der Waals surface area (Å²) in [6.45, 7) is 6.81. The van der Waals surface area contributed by atoms with Crippen LogP contribution in [0.1, 0.15) is 33.6 Å². The minimum atomic E-state index is -0.986. The second kappa shape index (κ2) is 7.26. The maximum absolute atomic E-state index is 12.4. The van der Waals surface area contributed by atoms with Crippen molar-refractivity contribution in [3.8, 4) is 0 Å². The molecule has 0 spiro atoms. The molecule has 1 fully saturated rings. The van der Waals surface area contributed by atoms with E-state index in [1.54, 1.807) is 4.90 Å². The third-order valence-electron chi connectivity index (χ3n) is 3.51. The molecule has 1 heterocycles. The maximum Gasteiger partial charge on any atom is 0.323 e. The molecule has 0 aromatic rings. The normalized spacial score (nSPS) is 16.3. The number of hydrogen-bond acceptors (Lipinski definition) is 3.